The smallest absolute Gasteiger partial charge is 0.238 e. The second kappa shape index (κ2) is 11.1. The molecule has 0 saturated carbocycles. The molecule has 0 radical (unpaired) electrons. The molecule has 0 bridgehead atoms. The van der Waals surface area contributed by atoms with E-state index in [1.807, 2.05) is 62.1 Å². The molecule has 32 heavy (non-hydrogen) atoms. The summed E-state index contributed by atoms with van der Waals surface area (Å²) in [6.45, 7) is 14.6. The fourth-order valence-corrected chi connectivity index (χ4v) is 4.04. The third-order valence-corrected chi connectivity index (χ3v) is 5.89. The predicted molar refractivity (Wildman–Crippen MR) is 129 cm³/mol. The van der Waals surface area contributed by atoms with Crippen LogP contribution in [0.2, 0.25) is 0 Å². The minimum Gasteiger partial charge on any atom is -0.378 e. The molecule has 0 aliphatic carbocycles. The van der Waals surface area contributed by atoms with Gasteiger partial charge in [0.2, 0.25) is 5.91 Å². The summed E-state index contributed by atoms with van der Waals surface area (Å²) in [5.41, 5.74) is 4.56. The van der Waals surface area contributed by atoms with Gasteiger partial charge in [0.25, 0.3) is 0 Å². The number of nitrogens with zero attached hydrogens (tertiary/aromatic N) is 3. The van der Waals surface area contributed by atoms with Gasteiger partial charge in [-0.1, -0.05) is 13.0 Å². The molecule has 1 aliphatic rings. The summed E-state index contributed by atoms with van der Waals surface area (Å²) in [4.78, 5) is 29.6. The number of rotatable bonds is 10. The number of aromatic nitrogens is 1. The SMILES string of the molecule is C=CCn1c(C)cc(C(=O)CN(CC)CC(=O)Nc2ccc(N3CCOCC3)cc2)c1C. The number of likely N-dealkylation sites (N-methyl/N-ethyl adjacent to an activating group) is 1. The number of hydrogen-bond donors (Lipinski definition) is 1. The molecule has 7 nitrogen and oxygen atoms in total. The number of nitrogens with one attached hydrogen (secondary N) is 1. The zero-order chi connectivity index (χ0) is 23.1. The topological polar surface area (TPSA) is 66.8 Å². The number of aryl methyl sites for hydroxylation is 1. The number of Topliss-reactive ketones (excluding diaryl/α,β-unsaturated/α-hetero) is 1. The second-order valence-electron chi connectivity index (χ2n) is 8.11. The van der Waals surface area contributed by atoms with E-state index in [0.717, 1.165) is 49.1 Å². The molecule has 1 aromatic carbocycles. The van der Waals surface area contributed by atoms with Gasteiger partial charge < -0.3 is 19.5 Å². The quantitative estimate of drug-likeness (QED) is 0.456. The summed E-state index contributed by atoms with van der Waals surface area (Å²) in [5, 5.41) is 2.94. The van der Waals surface area contributed by atoms with Gasteiger partial charge in [0.1, 0.15) is 0 Å². The molecular weight excluding hydrogens is 404 g/mol. The first-order valence-electron chi connectivity index (χ1n) is 11.2. The monoisotopic (exact) mass is 438 g/mol. The predicted octanol–water partition coefficient (Wildman–Crippen LogP) is 3.27. The highest BCUT2D eigenvalue weighted by Gasteiger charge is 2.19. The molecule has 0 atom stereocenters. The van der Waals surface area contributed by atoms with E-state index in [1.165, 1.54) is 0 Å². The van der Waals surface area contributed by atoms with E-state index in [4.69, 9.17) is 4.74 Å². The Morgan fingerprint density at radius 2 is 1.84 bits per heavy atom. The van der Waals surface area contributed by atoms with Crippen LogP contribution in [0.15, 0.2) is 43.0 Å². The van der Waals surface area contributed by atoms with Crippen LogP contribution in [-0.4, -0.2) is 67.1 Å². The van der Waals surface area contributed by atoms with Crippen molar-refractivity contribution in [3.05, 3.63) is 59.9 Å². The number of morpholine rings is 1. The molecule has 0 unspecified atom stereocenters. The second-order valence-corrected chi connectivity index (χ2v) is 8.11. The fraction of sp³-hybridized carbons (Fsp3) is 0.440. The molecule has 0 spiro atoms. The number of carbonyl (C=O) groups is 2. The van der Waals surface area contributed by atoms with Crippen LogP contribution < -0.4 is 10.2 Å². The van der Waals surface area contributed by atoms with E-state index in [-0.39, 0.29) is 24.8 Å². The van der Waals surface area contributed by atoms with Crippen molar-refractivity contribution in [3.8, 4) is 0 Å². The largest absolute Gasteiger partial charge is 0.378 e. The number of allylic oxidation sites excluding steroid dienone is 1. The lowest BCUT2D eigenvalue weighted by molar-refractivity contribution is -0.117. The zero-order valence-corrected chi connectivity index (χ0v) is 19.4. The van der Waals surface area contributed by atoms with Crippen LogP contribution in [-0.2, 0) is 16.1 Å². The van der Waals surface area contributed by atoms with Gasteiger partial charge in [-0.15, -0.1) is 6.58 Å². The number of anilines is 2. The van der Waals surface area contributed by atoms with Crippen LogP contribution in [0.5, 0.6) is 0 Å². The average Bonchev–Trinajstić information content (AvgIpc) is 3.08. The van der Waals surface area contributed by atoms with Gasteiger partial charge in [-0.3, -0.25) is 14.5 Å². The van der Waals surface area contributed by atoms with Crippen LogP contribution >= 0.6 is 0 Å². The highest BCUT2D eigenvalue weighted by atomic mass is 16.5. The van der Waals surface area contributed by atoms with E-state index >= 15 is 0 Å². The van der Waals surface area contributed by atoms with Gasteiger partial charge in [0.05, 0.1) is 26.3 Å². The van der Waals surface area contributed by atoms with Crippen molar-refractivity contribution in [3.63, 3.8) is 0 Å². The Labute approximate surface area is 190 Å². The maximum absolute atomic E-state index is 12.9. The van der Waals surface area contributed by atoms with Gasteiger partial charge >= 0.3 is 0 Å². The van der Waals surface area contributed by atoms with E-state index in [0.29, 0.717) is 18.7 Å². The van der Waals surface area contributed by atoms with Crippen molar-refractivity contribution >= 4 is 23.1 Å². The van der Waals surface area contributed by atoms with E-state index in [1.54, 1.807) is 0 Å². The van der Waals surface area contributed by atoms with E-state index < -0.39 is 0 Å². The number of ether oxygens (including phenoxy) is 1. The molecule has 2 aromatic rings. The number of amides is 1. The maximum atomic E-state index is 12.9. The molecule has 1 aromatic heterocycles. The summed E-state index contributed by atoms with van der Waals surface area (Å²) in [7, 11) is 0. The average molecular weight is 439 g/mol. The standard InChI is InChI=1S/C25H34N4O3/c1-5-11-29-19(3)16-23(20(29)4)24(30)17-27(6-2)18-25(31)26-21-7-9-22(10-8-21)28-12-14-32-15-13-28/h5,7-10,16H,1,6,11-15,17-18H2,2-4H3,(H,26,31). The summed E-state index contributed by atoms with van der Waals surface area (Å²) in [5.74, 6) is -0.103. The molecule has 1 fully saturated rings. The highest BCUT2D eigenvalue weighted by molar-refractivity contribution is 5.99. The summed E-state index contributed by atoms with van der Waals surface area (Å²) in [6.07, 6.45) is 1.82. The van der Waals surface area contributed by atoms with Gasteiger partial charge in [-0.05, 0) is 50.7 Å². The molecule has 3 rings (SSSR count). The maximum Gasteiger partial charge on any atom is 0.238 e. The van der Waals surface area contributed by atoms with Crippen molar-refractivity contribution < 1.29 is 14.3 Å². The van der Waals surface area contributed by atoms with Crippen molar-refractivity contribution in [2.24, 2.45) is 0 Å². The molecule has 1 saturated heterocycles. The molecule has 1 amide bonds. The first kappa shape index (κ1) is 23.8. The van der Waals surface area contributed by atoms with Crippen LogP contribution in [0.4, 0.5) is 11.4 Å². The van der Waals surface area contributed by atoms with Crippen LogP contribution in [0.1, 0.15) is 28.7 Å². The molecule has 172 valence electrons. The van der Waals surface area contributed by atoms with Crippen LogP contribution in [0, 0.1) is 13.8 Å². The Morgan fingerprint density at radius 3 is 2.47 bits per heavy atom. The number of carbonyl (C=O) groups excluding carboxylic acids is 2. The van der Waals surface area contributed by atoms with Crippen LogP contribution in [0.3, 0.4) is 0 Å². The molecule has 2 heterocycles. The Hall–Kier alpha value is -2.90. The summed E-state index contributed by atoms with van der Waals surface area (Å²) in [6, 6.07) is 9.78. The lowest BCUT2D eigenvalue weighted by atomic mass is 10.1. The minimum atomic E-state index is -0.129. The lowest BCUT2D eigenvalue weighted by Crippen LogP contribution is -2.37. The Morgan fingerprint density at radius 1 is 1.16 bits per heavy atom. The van der Waals surface area contributed by atoms with E-state index in [9.17, 15) is 9.59 Å². The summed E-state index contributed by atoms with van der Waals surface area (Å²) >= 11 is 0. The normalized spacial score (nSPS) is 13.9. The first-order valence-corrected chi connectivity index (χ1v) is 11.2. The number of benzene rings is 1. The zero-order valence-electron chi connectivity index (χ0n) is 19.4. The van der Waals surface area contributed by atoms with Gasteiger partial charge in [-0.25, -0.2) is 0 Å². The molecule has 1 N–H and O–H groups in total. The molecule has 7 heteroatoms. The highest BCUT2D eigenvalue weighted by Crippen LogP contribution is 2.19. The van der Waals surface area contributed by atoms with E-state index in [2.05, 4.69) is 21.4 Å². The van der Waals surface area contributed by atoms with Crippen molar-refractivity contribution in [1.82, 2.24) is 9.47 Å². The first-order chi connectivity index (χ1) is 15.4. The Bertz CT molecular complexity index is 943. The fourth-order valence-electron chi connectivity index (χ4n) is 4.04. The third kappa shape index (κ3) is 5.87. The lowest BCUT2D eigenvalue weighted by Gasteiger charge is -2.29. The molecule has 1 aliphatic heterocycles. The Balaban J connectivity index is 1.56. The van der Waals surface area contributed by atoms with Gasteiger partial charge in [-0.2, -0.15) is 0 Å². The van der Waals surface area contributed by atoms with Crippen molar-refractivity contribution in [1.29, 1.82) is 0 Å². The Kier molecular flexibility index (Phi) is 8.25. The number of ketones is 1. The van der Waals surface area contributed by atoms with Crippen LogP contribution in [0.25, 0.3) is 0 Å². The van der Waals surface area contributed by atoms with Gasteiger partial charge in [0.15, 0.2) is 5.78 Å². The van der Waals surface area contributed by atoms with Gasteiger partial charge in [0, 0.05) is 48.0 Å². The third-order valence-electron chi connectivity index (χ3n) is 5.89. The summed E-state index contributed by atoms with van der Waals surface area (Å²) < 4.78 is 7.47. The van der Waals surface area contributed by atoms with Crippen molar-refractivity contribution in [2.45, 2.75) is 27.3 Å². The minimum absolute atomic E-state index is 0.0259. The van der Waals surface area contributed by atoms with Crippen molar-refractivity contribution in [2.75, 3.05) is 56.2 Å². The number of hydrogen-bond acceptors (Lipinski definition) is 5. The molecular formula is C25H34N4O3.